The van der Waals surface area contributed by atoms with Crippen molar-refractivity contribution in [2.75, 3.05) is 18.5 Å². The number of hydrogen-bond donors (Lipinski definition) is 1. The quantitative estimate of drug-likeness (QED) is 0.917. The van der Waals surface area contributed by atoms with Crippen LogP contribution in [0, 0.1) is 5.82 Å². The topological polar surface area (TPSA) is 21.3 Å². The summed E-state index contributed by atoms with van der Waals surface area (Å²) in [7, 11) is 0. The van der Waals surface area contributed by atoms with E-state index in [0.29, 0.717) is 17.3 Å². The van der Waals surface area contributed by atoms with E-state index in [1.807, 2.05) is 6.07 Å². The van der Waals surface area contributed by atoms with Crippen molar-refractivity contribution in [3.8, 4) is 5.75 Å². The first kappa shape index (κ1) is 13.3. The highest BCUT2D eigenvalue weighted by atomic mass is 35.5. The van der Waals surface area contributed by atoms with Crippen LogP contribution < -0.4 is 10.1 Å². The van der Waals surface area contributed by atoms with Gasteiger partial charge in [0.25, 0.3) is 0 Å². The molecule has 0 aliphatic carbocycles. The fourth-order valence-electron chi connectivity index (χ4n) is 2.37. The van der Waals surface area contributed by atoms with Crippen molar-refractivity contribution in [3.63, 3.8) is 0 Å². The predicted molar refractivity (Wildman–Crippen MR) is 79.2 cm³/mol. The van der Waals surface area contributed by atoms with Gasteiger partial charge in [0, 0.05) is 18.0 Å². The van der Waals surface area contributed by atoms with E-state index in [0.717, 1.165) is 25.2 Å². The van der Waals surface area contributed by atoms with E-state index in [1.54, 1.807) is 12.1 Å². The van der Waals surface area contributed by atoms with Crippen LogP contribution in [0.5, 0.6) is 5.75 Å². The Morgan fingerprint density at radius 2 is 2.10 bits per heavy atom. The van der Waals surface area contributed by atoms with Crippen molar-refractivity contribution in [3.05, 3.63) is 58.4 Å². The Labute approximate surface area is 122 Å². The van der Waals surface area contributed by atoms with E-state index in [9.17, 15) is 4.39 Å². The van der Waals surface area contributed by atoms with Gasteiger partial charge in [0.2, 0.25) is 0 Å². The van der Waals surface area contributed by atoms with Crippen LogP contribution in [0.1, 0.15) is 11.1 Å². The molecule has 0 atom stereocenters. The normalized spacial score (nSPS) is 12.9. The van der Waals surface area contributed by atoms with Gasteiger partial charge in [-0.05, 0) is 41.8 Å². The molecule has 2 aromatic carbocycles. The molecule has 2 aromatic rings. The number of fused-ring (bicyclic) bond motifs is 1. The van der Waals surface area contributed by atoms with Crippen molar-refractivity contribution >= 4 is 17.3 Å². The molecule has 0 spiro atoms. The largest absolute Gasteiger partial charge is 0.493 e. The maximum atomic E-state index is 13.6. The molecule has 20 heavy (non-hydrogen) atoms. The molecule has 0 saturated heterocycles. The van der Waals surface area contributed by atoms with E-state index >= 15 is 0 Å². The van der Waals surface area contributed by atoms with Crippen LogP contribution in [-0.2, 0) is 12.8 Å². The van der Waals surface area contributed by atoms with Gasteiger partial charge < -0.3 is 10.1 Å². The number of ether oxygens (including phenoxy) is 1. The molecule has 0 unspecified atom stereocenters. The molecule has 1 aliphatic heterocycles. The number of halogens is 2. The van der Waals surface area contributed by atoms with Crippen LogP contribution in [-0.4, -0.2) is 13.2 Å². The summed E-state index contributed by atoms with van der Waals surface area (Å²) in [6, 6.07) is 10.9. The molecule has 3 rings (SSSR count). The highest BCUT2D eigenvalue weighted by molar-refractivity contribution is 6.30. The van der Waals surface area contributed by atoms with E-state index in [1.165, 1.54) is 17.2 Å². The zero-order chi connectivity index (χ0) is 13.9. The lowest BCUT2D eigenvalue weighted by molar-refractivity contribution is 0.357. The monoisotopic (exact) mass is 291 g/mol. The first-order chi connectivity index (χ1) is 9.72. The Morgan fingerprint density at radius 1 is 1.20 bits per heavy atom. The zero-order valence-electron chi connectivity index (χ0n) is 11.0. The highest BCUT2D eigenvalue weighted by Crippen LogP contribution is 2.26. The van der Waals surface area contributed by atoms with Crippen molar-refractivity contribution in [1.82, 2.24) is 0 Å². The Kier molecular flexibility index (Phi) is 3.79. The molecular weight excluding hydrogens is 277 g/mol. The lowest BCUT2D eigenvalue weighted by atomic mass is 10.1. The van der Waals surface area contributed by atoms with Gasteiger partial charge >= 0.3 is 0 Å². The smallest absolute Gasteiger partial charge is 0.147 e. The number of nitrogens with one attached hydrogen (secondary N) is 1. The third-order valence-electron chi connectivity index (χ3n) is 3.41. The van der Waals surface area contributed by atoms with Gasteiger partial charge in [0.05, 0.1) is 12.3 Å². The van der Waals surface area contributed by atoms with Crippen molar-refractivity contribution in [1.29, 1.82) is 0 Å². The molecule has 0 bridgehead atoms. The third kappa shape index (κ3) is 2.88. The van der Waals surface area contributed by atoms with Crippen LogP contribution in [0.2, 0.25) is 5.02 Å². The Balaban J connectivity index is 1.60. The van der Waals surface area contributed by atoms with Crippen LogP contribution >= 0.6 is 11.6 Å². The minimum absolute atomic E-state index is 0.320. The molecule has 0 radical (unpaired) electrons. The van der Waals surface area contributed by atoms with Crippen LogP contribution in [0.25, 0.3) is 0 Å². The van der Waals surface area contributed by atoms with Gasteiger partial charge in [-0.1, -0.05) is 23.7 Å². The first-order valence-corrected chi connectivity index (χ1v) is 7.04. The fourth-order valence-corrected chi connectivity index (χ4v) is 2.53. The van der Waals surface area contributed by atoms with Gasteiger partial charge in [-0.25, -0.2) is 4.39 Å². The SMILES string of the molecule is Fc1cc(Cl)ccc1NCCc1ccc2c(c1)CCO2. The fraction of sp³-hybridized carbons (Fsp3) is 0.250. The molecule has 0 fully saturated rings. The number of rotatable bonds is 4. The maximum Gasteiger partial charge on any atom is 0.147 e. The van der Waals surface area contributed by atoms with Crippen molar-refractivity contribution < 1.29 is 9.13 Å². The van der Waals surface area contributed by atoms with Gasteiger partial charge in [0.1, 0.15) is 11.6 Å². The van der Waals surface area contributed by atoms with Crippen molar-refractivity contribution in [2.45, 2.75) is 12.8 Å². The second-order valence-electron chi connectivity index (χ2n) is 4.84. The summed E-state index contributed by atoms with van der Waals surface area (Å²) in [5.41, 5.74) is 2.98. The minimum atomic E-state index is -0.320. The minimum Gasteiger partial charge on any atom is -0.493 e. The van der Waals surface area contributed by atoms with E-state index in [4.69, 9.17) is 16.3 Å². The lowest BCUT2D eigenvalue weighted by Gasteiger charge is -2.08. The zero-order valence-corrected chi connectivity index (χ0v) is 11.7. The molecule has 1 N–H and O–H groups in total. The molecule has 4 heteroatoms. The van der Waals surface area contributed by atoms with Gasteiger partial charge in [-0.2, -0.15) is 0 Å². The molecule has 104 valence electrons. The van der Waals surface area contributed by atoms with Crippen LogP contribution in [0.15, 0.2) is 36.4 Å². The summed E-state index contributed by atoms with van der Waals surface area (Å²) in [6.07, 6.45) is 1.82. The average Bonchev–Trinajstić information content (AvgIpc) is 2.89. The molecular formula is C16H15ClFNO. The summed E-state index contributed by atoms with van der Waals surface area (Å²) in [4.78, 5) is 0. The van der Waals surface area contributed by atoms with Gasteiger partial charge in [0.15, 0.2) is 0 Å². The number of benzene rings is 2. The van der Waals surface area contributed by atoms with Crippen LogP contribution in [0.3, 0.4) is 0 Å². The molecule has 1 aliphatic rings. The lowest BCUT2D eigenvalue weighted by Crippen LogP contribution is -2.06. The standard InChI is InChI=1S/C16H15ClFNO/c17-13-2-3-15(14(18)10-13)19-7-5-11-1-4-16-12(9-11)6-8-20-16/h1-4,9-10,19H,5-8H2. The van der Waals surface area contributed by atoms with E-state index in [2.05, 4.69) is 17.4 Å². The second kappa shape index (κ2) is 5.71. The average molecular weight is 292 g/mol. The Bertz CT molecular complexity index is 630. The first-order valence-electron chi connectivity index (χ1n) is 6.66. The Hall–Kier alpha value is -1.74. The summed E-state index contributed by atoms with van der Waals surface area (Å²) in [5.74, 6) is 0.672. The molecule has 1 heterocycles. The molecule has 2 nitrogen and oxygen atoms in total. The summed E-state index contributed by atoms with van der Waals surface area (Å²) in [6.45, 7) is 1.45. The highest BCUT2D eigenvalue weighted by Gasteiger charge is 2.11. The summed E-state index contributed by atoms with van der Waals surface area (Å²) < 4.78 is 19.1. The summed E-state index contributed by atoms with van der Waals surface area (Å²) >= 11 is 5.72. The number of hydrogen-bond acceptors (Lipinski definition) is 2. The van der Waals surface area contributed by atoms with Crippen LogP contribution in [0.4, 0.5) is 10.1 Å². The third-order valence-corrected chi connectivity index (χ3v) is 3.65. The van der Waals surface area contributed by atoms with Gasteiger partial charge in [-0.3, -0.25) is 0 Å². The van der Waals surface area contributed by atoms with Crippen molar-refractivity contribution in [2.24, 2.45) is 0 Å². The van der Waals surface area contributed by atoms with E-state index < -0.39 is 0 Å². The molecule has 0 saturated carbocycles. The summed E-state index contributed by atoms with van der Waals surface area (Å²) in [5, 5.41) is 3.50. The number of anilines is 1. The van der Waals surface area contributed by atoms with E-state index in [-0.39, 0.29) is 5.82 Å². The predicted octanol–water partition coefficient (Wildman–Crippen LogP) is 4.07. The van der Waals surface area contributed by atoms with Gasteiger partial charge in [-0.15, -0.1) is 0 Å². The molecule has 0 aromatic heterocycles. The maximum absolute atomic E-state index is 13.6. The second-order valence-corrected chi connectivity index (χ2v) is 5.28. The Morgan fingerprint density at radius 3 is 2.95 bits per heavy atom. The molecule has 0 amide bonds.